The van der Waals surface area contributed by atoms with Crippen molar-refractivity contribution in [2.24, 2.45) is 0 Å². The van der Waals surface area contributed by atoms with Crippen molar-refractivity contribution < 1.29 is 23.9 Å². The van der Waals surface area contributed by atoms with Gasteiger partial charge in [-0.15, -0.1) is 11.3 Å². The van der Waals surface area contributed by atoms with E-state index < -0.39 is 18.5 Å². The second-order valence-corrected chi connectivity index (χ2v) is 7.02. The topological polar surface area (TPSA) is 102 Å². The fraction of sp³-hybridized carbons (Fsp3) is 0.300. The van der Waals surface area contributed by atoms with Crippen LogP contribution in [0.3, 0.4) is 0 Å². The third-order valence-corrected chi connectivity index (χ3v) is 4.64. The molecule has 0 spiro atoms. The number of ketones is 1. The molecule has 0 unspecified atom stereocenters. The minimum absolute atomic E-state index is 0.0532. The molecule has 1 aromatic carbocycles. The lowest BCUT2D eigenvalue weighted by atomic mass is 10.2. The molecule has 0 atom stereocenters. The number of nitrogens with one attached hydrogen (secondary N) is 2. The Balaban J connectivity index is 1.56. The molecule has 0 bridgehead atoms. The Labute approximate surface area is 167 Å². The summed E-state index contributed by atoms with van der Waals surface area (Å²) in [5, 5.41) is 6.98. The Hall–Kier alpha value is -3.00. The van der Waals surface area contributed by atoms with Crippen molar-refractivity contribution in [3.8, 4) is 0 Å². The highest BCUT2D eigenvalue weighted by Crippen LogP contribution is 2.12. The summed E-state index contributed by atoms with van der Waals surface area (Å²) in [7, 11) is 0. The summed E-state index contributed by atoms with van der Waals surface area (Å²) in [5.41, 5.74) is 1.69. The summed E-state index contributed by atoms with van der Waals surface area (Å²) in [6.07, 6.45) is 0.128. The van der Waals surface area contributed by atoms with Crippen LogP contribution < -0.4 is 10.6 Å². The zero-order valence-corrected chi connectivity index (χ0v) is 16.3. The number of Topliss-reactive ketones (excluding diaryl/α,β-unsaturated/α-hetero) is 1. The molecule has 0 aliphatic heterocycles. The lowest BCUT2D eigenvalue weighted by Gasteiger charge is -2.07. The van der Waals surface area contributed by atoms with Crippen molar-refractivity contribution in [3.63, 3.8) is 0 Å². The first kappa shape index (κ1) is 21.3. The highest BCUT2D eigenvalue weighted by Gasteiger charge is 2.11. The second-order valence-electron chi connectivity index (χ2n) is 6.08. The molecule has 8 heteroatoms. The molecule has 0 aliphatic carbocycles. The number of hydrogen-bond donors (Lipinski definition) is 2. The second kappa shape index (κ2) is 11.0. The summed E-state index contributed by atoms with van der Waals surface area (Å²) in [4.78, 5) is 47.5. The Morgan fingerprint density at radius 3 is 2.39 bits per heavy atom. The third kappa shape index (κ3) is 7.71. The number of carbonyl (C=O) groups is 4. The van der Waals surface area contributed by atoms with E-state index in [2.05, 4.69) is 10.6 Å². The van der Waals surface area contributed by atoms with Crippen LogP contribution in [0.2, 0.25) is 0 Å². The van der Waals surface area contributed by atoms with Gasteiger partial charge in [-0.3, -0.25) is 19.2 Å². The maximum absolute atomic E-state index is 11.8. The van der Waals surface area contributed by atoms with Crippen molar-refractivity contribution in [1.82, 2.24) is 5.32 Å². The average Bonchev–Trinajstić information content (AvgIpc) is 3.21. The lowest BCUT2D eigenvalue weighted by Crippen LogP contribution is -2.28. The molecule has 2 rings (SSSR count). The van der Waals surface area contributed by atoms with Gasteiger partial charge in [0.15, 0.2) is 12.4 Å². The minimum atomic E-state index is -0.589. The van der Waals surface area contributed by atoms with Gasteiger partial charge in [0.05, 0.1) is 11.3 Å². The summed E-state index contributed by atoms with van der Waals surface area (Å²) >= 11 is 1.34. The molecule has 1 aromatic heterocycles. The summed E-state index contributed by atoms with van der Waals surface area (Å²) < 4.78 is 4.87. The van der Waals surface area contributed by atoms with Gasteiger partial charge in [0, 0.05) is 25.1 Å². The van der Waals surface area contributed by atoms with Crippen molar-refractivity contribution >= 4 is 40.6 Å². The van der Waals surface area contributed by atoms with Crippen LogP contribution in [-0.2, 0) is 19.1 Å². The van der Waals surface area contributed by atoms with Gasteiger partial charge in [-0.1, -0.05) is 23.8 Å². The molecular weight excluding hydrogens is 380 g/mol. The lowest BCUT2D eigenvalue weighted by molar-refractivity contribution is -0.147. The molecular formula is C20H22N2O5S. The SMILES string of the molecule is Cc1ccc(NC(=O)COC(=O)CCNC(=O)CCC(=O)c2cccs2)cc1. The van der Waals surface area contributed by atoms with Crippen LogP contribution in [-0.4, -0.2) is 36.7 Å². The first-order chi connectivity index (χ1) is 13.4. The van der Waals surface area contributed by atoms with E-state index in [1.807, 2.05) is 19.1 Å². The molecule has 0 saturated heterocycles. The van der Waals surface area contributed by atoms with E-state index in [9.17, 15) is 19.2 Å². The Morgan fingerprint density at radius 1 is 0.964 bits per heavy atom. The van der Waals surface area contributed by atoms with Crippen molar-refractivity contribution in [2.45, 2.75) is 26.2 Å². The quantitative estimate of drug-likeness (QED) is 0.470. The predicted octanol–water partition coefficient (Wildman–Crippen LogP) is 2.71. The summed E-state index contributed by atoms with van der Waals surface area (Å²) in [5.74, 6) is -1.42. The van der Waals surface area contributed by atoms with E-state index in [0.29, 0.717) is 10.6 Å². The van der Waals surface area contributed by atoms with E-state index in [4.69, 9.17) is 4.74 Å². The highest BCUT2D eigenvalue weighted by molar-refractivity contribution is 7.12. The first-order valence-corrected chi connectivity index (χ1v) is 9.67. The fourth-order valence-electron chi connectivity index (χ4n) is 2.23. The Bertz CT molecular complexity index is 816. The maximum atomic E-state index is 11.8. The number of thiophene rings is 1. The zero-order chi connectivity index (χ0) is 20.4. The van der Waals surface area contributed by atoms with Crippen LogP contribution in [0.25, 0.3) is 0 Å². The third-order valence-electron chi connectivity index (χ3n) is 3.73. The number of esters is 1. The molecule has 0 aliphatic rings. The number of benzene rings is 1. The van der Waals surface area contributed by atoms with Gasteiger partial charge < -0.3 is 15.4 Å². The molecule has 7 nitrogen and oxygen atoms in total. The van der Waals surface area contributed by atoms with E-state index in [1.54, 1.807) is 29.6 Å². The van der Waals surface area contributed by atoms with Gasteiger partial charge in [-0.2, -0.15) is 0 Å². The van der Waals surface area contributed by atoms with Gasteiger partial charge in [0.2, 0.25) is 5.91 Å². The van der Waals surface area contributed by atoms with Crippen LogP contribution in [0, 0.1) is 6.92 Å². The smallest absolute Gasteiger partial charge is 0.308 e. The minimum Gasteiger partial charge on any atom is -0.456 e. The van der Waals surface area contributed by atoms with Gasteiger partial charge >= 0.3 is 5.97 Å². The molecule has 2 N–H and O–H groups in total. The Morgan fingerprint density at radius 2 is 1.71 bits per heavy atom. The largest absolute Gasteiger partial charge is 0.456 e. The number of rotatable bonds is 10. The number of anilines is 1. The van der Waals surface area contributed by atoms with Crippen molar-refractivity contribution in [1.29, 1.82) is 0 Å². The van der Waals surface area contributed by atoms with Crippen LogP contribution in [0.1, 0.15) is 34.5 Å². The normalized spacial score (nSPS) is 10.2. The number of aryl methyl sites for hydroxylation is 1. The van der Waals surface area contributed by atoms with E-state index in [0.717, 1.165) is 5.56 Å². The highest BCUT2D eigenvalue weighted by atomic mass is 32.1. The fourth-order valence-corrected chi connectivity index (χ4v) is 2.93. The van der Waals surface area contributed by atoms with Gasteiger partial charge in [-0.25, -0.2) is 0 Å². The van der Waals surface area contributed by atoms with Crippen molar-refractivity contribution in [3.05, 3.63) is 52.2 Å². The van der Waals surface area contributed by atoms with Crippen LogP contribution in [0.5, 0.6) is 0 Å². The summed E-state index contributed by atoms with van der Waals surface area (Å²) in [6, 6.07) is 10.7. The molecule has 1 heterocycles. The number of carbonyl (C=O) groups excluding carboxylic acids is 4. The van der Waals surface area contributed by atoms with Crippen LogP contribution in [0.4, 0.5) is 5.69 Å². The molecule has 0 fully saturated rings. The van der Waals surface area contributed by atoms with Gasteiger partial charge in [0.25, 0.3) is 5.91 Å². The standard InChI is InChI=1S/C20H22N2O5S/c1-14-4-6-15(7-5-14)22-19(25)13-27-20(26)10-11-21-18(24)9-8-16(23)17-3-2-12-28-17/h2-7,12H,8-11,13H2,1H3,(H,21,24)(H,22,25). The molecule has 2 aromatic rings. The Kier molecular flexibility index (Phi) is 8.36. The maximum Gasteiger partial charge on any atom is 0.308 e. The molecule has 28 heavy (non-hydrogen) atoms. The predicted molar refractivity (Wildman–Crippen MR) is 106 cm³/mol. The monoisotopic (exact) mass is 402 g/mol. The van der Waals surface area contributed by atoms with Crippen molar-refractivity contribution in [2.75, 3.05) is 18.5 Å². The average molecular weight is 402 g/mol. The molecule has 0 saturated carbocycles. The van der Waals surface area contributed by atoms with E-state index >= 15 is 0 Å². The van der Waals surface area contributed by atoms with Gasteiger partial charge in [-0.05, 0) is 30.5 Å². The van der Waals surface area contributed by atoms with E-state index in [-0.39, 0.29) is 37.5 Å². The zero-order valence-electron chi connectivity index (χ0n) is 15.5. The number of ether oxygens (including phenoxy) is 1. The van der Waals surface area contributed by atoms with Crippen LogP contribution in [0.15, 0.2) is 41.8 Å². The molecule has 0 radical (unpaired) electrons. The van der Waals surface area contributed by atoms with Gasteiger partial charge in [0.1, 0.15) is 0 Å². The van der Waals surface area contributed by atoms with Crippen LogP contribution >= 0.6 is 11.3 Å². The first-order valence-electron chi connectivity index (χ1n) is 8.79. The molecule has 2 amide bonds. The van der Waals surface area contributed by atoms with E-state index in [1.165, 1.54) is 11.3 Å². The number of hydrogen-bond acceptors (Lipinski definition) is 6. The molecule has 148 valence electrons. The summed E-state index contributed by atoms with van der Waals surface area (Å²) in [6.45, 7) is 1.63. The number of amides is 2.